The van der Waals surface area contributed by atoms with Crippen molar-refractivity contribution in [3.05, 3.63) is 34.3 Å². The number of hydrogen-bond donors (Lipinski definition) is 0. The summed E-state index contributed by atoms with van der Waals surface area (Å²) in [7, 11) is 1.37. The van der Waals surface area contributed by atoms with Gasteiger partial charge in [0.15, 0.2) is 5.78 Å². The monoisotopic (exact) mass is 372 g/mol. The van der Waals surface area contributed by atoms with Crippen LogP contribution in [0.4, 0.5) is 0 Å². The first kappa shape index (κ1) is 16.5. The Bertz CT molecular complexity index is 515. The van der Waals surface area contributed by atoms with Crippen molar-refractivity contribution in [3.8, 4) is 0 Å². The van der Waals surface area contributed by atoms with Crippen molar-refractivity contribution in [3.63, 3.8) is 0 Å². The lowest BCUT2D eigenvalue weighted by Crippen LogP contribution is -2.35. The second kappa shape index (κ2) is 7.41. The average molecular weight is 374 g/mol. The number of methoxy groups -OCH3 is 1. The van der Waals surface area contributed by atoms with E-state index in [1.54, 1.807) is 0 Å². The van der Waals surface area contributed by atoms with Gasteiger partial charge < -0.3 is 4.74 Å². The zero-order chi connectivity index (χ0) is 15.4. The molecular formula is C16H18BrClO3. The van der Waals surface area contributed by atoms with Gasteiger partial charge in [-0.2, -0.15) is 0 Å². The molecule has 0 bridgehead atoms. The van der Waals surface area contributed by atoms with Crippen LogP contribution in [0.25, 0.3) is 0 Å². The molecule has 3 nitrogen and oxygen atoms in total. The van der Waals surface area contributed by atoms with Crippen molar-refractivity contribution in [2.45, 2.75) is 31.1 Å². The fourth-order valence-electron chi connectivity index (χ4n) is 2.89. The average Bonchev–Trinajstić information content (AvgIpc) is 2.53. The Labute approximate surface area is 138 Å². The highest BCUT2D eigenvalue weighted by Crippen LogP contribution is 2.37. The second-order valence-corrected chi connectivity index (χ2v) is 6.69. The van der Waals surface area contributed by atoms with Gasteiger partial charge in [-0.1, -0.05) is 40.9 Å². The Morgan fingerprint density at radius 3 is 2.33 bits per heavy atom. The van der Waals surface area contributed by atoms with Crippen molar-refractivity contribution in [1.29, 1.82) is 0 Å². The van der Waals surface area contributed by atoms with E-state index < -0.39 is 5.38 Å². The Balaban J connectivity index is 2.16. The fourth-order valence-corrected chi connectivity index (χ4v) is 3.46. The number of carbonyl (C=O) groups is 2. The van der Waals surface area contributed by atoms with Gasteiger partial charge in [-0.25, -0.2) is 0 Å². The molecule has 1 saturated carbocycles. The number of ketones is 1. The zero-order valence-electron chi connectivity index (χ0n) is 11.9. The van der Waals surface area contributed by atoms with Crippen LogP contribution in [0.2, 0.25) is 0 Å². The molecule has 1 aromatic rings. The molecule has 0 radical (unpaired) electrons. The maximum absolute atomic E-state index is 12.7. The number of benzene rings is 1. The molecular weight excluding hydrogens is 356 g/mol. The Morgan fingerprint density at radius 2 is 1.76 bits per heavy atom. The van der Waals surface area contributed by atoms with Crippen LogP contribution in [0.3, 0.4) is 0 Å². The lowest BCUT2D eigenvalue weighted by atomic mass is 9.75. The van der Waals surface area contributed by atoms with Crippen LogP contribution >= 0.6 is 27.5 Å². The molecule has 0 aliphatic heterocycles. The highest BCUT2D eigenvalue weighted by atomic mass is 79.9. The molecule has 0 amide bonds. The summed E-state index contributed by atoms with van der Waals surface area (Å²) in [4.78, 5) is 24.5. The molecule has 5 heteroatoms. The predicted molar refractivity (Wildman–Crippen MR) is 85.2 cm³/mol. The van der Waals surface area contributed by atoms with E-state index in [-0.39, 0.29) is 23.6 Å². The lowest BCUT2D eigenvalue weighted by Gasteiger charge is -2.29. The molecule has 3 atom stereocenters. The maximum atomic E-state index is 12.7. The summed E-state index contributed by atoms with van der Waals surface area (Å²) < 4.78 is 5.77. The second-order valence-electron chi connectivity index (χ2n) is 5.34. The van der Waals surface area contributed by atoms with Crippen molar-refractivity contribution in [2.24, 2.45) is 11.8 Å². The summed E-state index contributed by atoms with van der Waals surface area (Å²) in [6, 6.07) is 7.37. The van der Waals surface area contributed by atoms with Crippen LogP contribution < -0.4 is 0 Å². The van der Waals surface area contributed by atoms with Gasteiger partial charge in [0.25, 0.3) is 0 Å². The van der Waals surface area contributed by atoms with Crippen LogP contribution in [0.1, 0.15) is 36.6 Å². The molecule has 114 valence electrons. The van der Waals surface area contributed by atoms with Crippen LogP contribution in [-0.2, 0) is 14.3 Å². The van der Waals surface area contributed by atoms with E-state index in [2.05, 4.69) is 15.9 Å². The molecule has 1 aliphatic rings. The molecule has 0 heterocycles. The predicted octanol–water partition coefficient (Wildman–Crippen LogP) is 4.28. The first-order valence-corrected chi connectivity index (χ1v) is 8.28. The minimum absolute atomic E-state index is 0.0749. The molecule has 1 fully saturated rings. The third-order valence-electron chi connectivity index (χ3n) is 4.05. The Morgan fingerprint density at radius 1 is 1.19 bits per heavy atom. The molecule has 0 saturated heterocycles. The molecule has 1 aromatic carbocycles. The van der Waals surface area contributed by atoms with Crippen molar-refractivity contribution < 1.29 is 14.3 Å². The van der Waals surface area contributed by atoms with E-state index in [0.717, 1.165) is 22.9 Å². The van der Waals surface area contributed by atoms with Gasteiger partial charge in [0.2, 0.25) is 0 Å². The summed E-state index contributed by atoms with van der Waals surface area (Å²) >= 11 is 9.70. The molecule has 0 spiro atoms. The number of alkyl halides is 1. The number of carbonyl (C=O) groups excluding carboxylic acids is 2. The van der Waals surface area contributed by atoms with Gasteiger partial charge in [-0.15, -0.1) is 11.6 Å². The highest BCUT2D eigenvalue weighted by molar-refractivity contribution is 9.10. The van der Waals surface area contributed by atoms with Crippen LogP contribution in [0.15, 0.2) is 28.7 Å². The normalized spacial score (nSPS) is 23.4. The van der Waals surface area contributed by atoms with Gasteiger partial charge >= 0.3 is 5.97 Å². The van der Waals surface area contributed by atoms with E-state index in [4.69, 9.17) is 16.3 Å². The number of esters is 1. The molecule has 0 N–H and O–H groups in total. The highest BCUT2D eigenvalue weighted by Gasteiger charge is 2.39. The smallest absolute Gasteiger partial charge is 0.309 e. The third-order valence-corrected chi connectivity index (χ3v) is 5.04. The van der Waals surface area contributed by atoms with Gasteiger partial charge in [0, 0.05) is 10.4 Å². The molecule has 21 heavy (non-hydrogen) atoms. The van der Waals surface area contributed by atoms with Crippen molar-refractivity contribution in [2.75, 3.05) is 7.11 Å². The number of halogens is 2. The van der Waals surface area contributed by atoms with Gasteiger partial charge in [0.1, 0.15) is 5.38 Å². The topological polar surface area (TPSA) is 43.4 Å². The Hall–Kier alpha value is -0.870. The van der Waals surface area contributed by atoms with Gasteiger partial charge in [0.05, 0.1) is 13.0 Å². The first-order valence-electron chi connectivity index (χ1n) is 7.05. The Kier molecular flexibility index (Phi) is 5.82. The molecule has 2 rings (SSSR count). The number of Topliss-reactive ketones (excluding diaryl/α,β-unsaturated/α-hetero) is 1. The standard InChI is InChI=1S/C16H18BrClO3/c1-21-16(20)13-5-3-2-4-12(13)15(19)14(18)10-6-8-11(17)9-7-10/h6-9,12-14H,2-5H2,1H3/t12-,13-,14?/m1/s1. The summed E-state index contributed by atoms with van der Waals surface area (Å²) in [5, 5.41) is -0.714. The molecule has 1 aliphatic carbocycles. The summed E-state index contributed by atoms with van der Waals surface area (Å²) in [5.74, 6) is -1.06. The quantitative estimate of drug-likeness (QED) is 0.584. The van der Waals surface area contributed by atoms with Gasteiger partial charge in [-0.05, 0) is 30.5 Å². The summed E-state index contributed by atoms with van der Waals surface area (Å²) in [5.41, 5.74) is 0.763. The number of ether oxygens (including phenoxy) is 1. The number of hydrogen-bond acceptors (Lipinski definition) is 3. The van der Waals surface area contributed by atoms with Crippen LogP contribution in [0.5, 0.6) is 0 Å². The van der Waals surface area contributed by atoms with Gasteiger partial charge in [-0.3, -0.25) is 9.59 Å². The fraction of sp³-hybridized carbons (Fsp3) is 0.500. The minimum Gasteiger partial charge on any atom is -0.469 e. The lowest BCUT2D eigenvalue weighted by molar-refractivity contribution is -0.151. The summed E-state index contributed by atoms with van der Waals surface area (Å²) in [6.45, 7) is 0. The third kappa shape index (κ3) is 3.86. The first-order chi connectivity index (χ1) is 10.0. The van der Waals surface area contributed by atoms with E-state index >= 15 is 0 Å². The van der Waals surface area contributed by atoms with E-state index in [9.17, 15) is 9.59 Å². The molecule has 1 unspecified atom stereocenters. The number of rotatable bonds is 4. The summed E-state index contributed by atoms with van der Waals surface area (Å²) in [6.07, 6.45) is 3.31. The van der Waals surface area contributed by atoms with Crippen LogP contribution in [-0.4, -0.2) is 18.9 Å². The zero-order valence-corrected chi connectivity index (χ0v) is 14.2. The van der Waals surface area contributed by atoms with Crippen molar-refractivity contribution >= 4 is 39.3 Å². The van der Waals surface area contributed by atoms with Crippen LogP contribution in [0, 0.1) is 11.8 Å². The minimum atomic E-state index is -0.714. The van der Waals surface area contributed by atoms with E-state index in [0.29, 0.717) is 12.8 Å². The largest absolute Gasteiger partial charge is 0.469 e. The van der Waals surface area contributed by atoms with Crippen molar-refractivity contribution in [1.82, 2.24) is 0 Å². The molecule has 0 aromatic heterocycles. The van der Waals surface area contributed by atoms with E-state index in [1.165, 1.54) is 7.11 Å². The SMILES string of the molecule is COC(=O)[C@@H]1CCCC[C@H]1C(=O)C(Cl)c1ccc(Br)cc1. The van der Waals surface area contributed by atoms with E-state index in [1.807, 2.05) is 24.3 Å². The maximum Gasteiger partial charge on any atom is 0.309 e.